The lowest BCUT2D eigenvalue weighted by Crippen LogP contribution is -2.09. The maximum Gasteiger partial charge on any atom is 0.164 e. The second kappa shape index (κ2) is 4.97. The first-order valence-electron chi connectivity index (χ1n) is 4.55. The van der Waals surface area contributed by atoms with Gasteiger partial charge in [-0.15, -0.1) is 0 Å². The lowest BCUT2D eigenvalue weighted by Gasteiger charge is -2.03. The third-order valence-corrected chi connectivity index (χ3v) is 3.35. The summed E-state index contributed by atoms with van der Waals surface area (Å²) in [5.41, 5.74) is 6.47. The summed E-state index contributed by atoms with van der Waals surface area (Å²) < 4.78 is 22.5. The minimum atomic E-state index is -3.11. The van der Waals surface area contributed by atoms with Crippen LogP contribution in [-0.2, 0) is 9.84 Å². The molecule has 6 heteroatoms. The maximum atomic E-state index is 11.7. The second-order valence-corrected chi connectivity index (χ2v) is 6.75. The Labute approximate surface area is 103 Å². The molecule has 0 saturated heterocycles. The van der Waals surface area contributed by atoms with Gasteiger partial charge in [0.1, 0.15) is 9.84 Å². The standard InChI is InChI=1S/C10H12BrNO3S/c1-16(14,15)3-2-10(13)7-4-8(11)6-9(12)5-7/h4-6H,2-3,12H2,1H3. The Hall–Kier alpha value is -0.880. The quantitative estimate of drug-likeness (QED) is 0.678. The second-order valence-electron chi connectivity index (χ2n) is 3.58. The van der Waals surface area contributed by atoms with E-state index in [1.165, 1.54) is 6.07 Å². The fourth-order valence-electron chi connectivity index (χ4n) is 1.20. The minimum absolute atomic E-state index is 0.0191. The SMILES string of the molecule is CS(=O)(=O)CCC(=O)c1cc(N)cc(Br)c1. The first-order valence-corrected chi connectivity index (χ1v) is 7.40. The van der Waals surface area contributed by atoms with E-state index in [2.05, 4.69) is 15.9 Å². The van der Waals surface area contributed by atoms with Crippen LogP contribution in [0, 0.1) is 0 Å². The molecule has 2 N–H and O–H groups in total. The van der Waals surface area contributed by atoms with Gasteiger partial charge in [-0.3, -0.25) is 4.79 Å². The molecule has 0 amide bonds. The van der Waals surface area contributed by atoms with Gasteiger partial charge in [0.25, 0.3) is 0 Å². The highest BCUT2D eigenvalue weighted by Crippen LogP contribution is 2.18. The van der Waals surface area contributed by atoms with E-state index in [1.807, 2.05) is 0 Å². The van der Waals surface area contributed by atoms with Crippen molar-refractivity contribution in [1.29, 1.82) is 0 Å². The fraction of sp³-hybridized carbons (Fsp3) is 0.300. The highest BCUT2D eigenvalue weighted by molar-refractivity contribution is 9.10. The number of carbonyl (C=O) groups is 1. The molecule has 88 valence electrons. The van der Waals surface area contributed by atoms with E-state index in [0.717, 1.165) is 6.26 Å². The van der Waals surface area contributed by atoms with Crippen molar-refractivity contribution in [3.05, 3.63) is 28.2 Å². The number of carbonyl (C=O) groups excluding carboxylic acids is 1. The number of rotatable bonds is 4. The summed E-state index contributed by atoms with van der Waals surface area (Å²) in [6.45, 7) is 0. The molecule has 0 aliphatic rings. The number of hydrogen-bond donors (Lipinski definition) is 1. The molecule has 1 aromatic rings. The molecule has 16 heavy (non-hydrogen) atoms. The average molecular weight is 306 g/mol. The molecule has 0 saturated carbocycles. The van der Waals surface area contributed by atoms with Gasteiger partial charge in [0.15, 0.2) is 5.78 Å². The molecule has 0 atom stereocenters. The van der Waals surface area contributed by atoms with Crippen LogP contribution in [0.5, 0.6) is 0 Å². The molecule has 0 unspecified atom stereocenters. The summed E-state index contributed by atoms with van der Waals surface area (Å²) in [5, 5.41) is 0. The lowest BCUT2D eigenvalue weighted by molar-refractivity contribution is 0.0989. The van der Waals surface area contributed by atoms with Gasteiger partial charge < -0.3 is 5.73 Å². The number of halogens is 1. The Morgan fingerprint density at radius 3 is 2.50 bits per heavy atom. The van der Waals surface area contributed by atoms with E-state index in [1.54, 1.807) is 12.1 Å². The van der Waals surface area contributed by atoms with Crippen molar-refractivity contribution < 1.29 is 13.2 Å². The van der Waals surface area contributed by atoms with Crippen LogP contribution >= 0.6 is 15.9 Å². The smallest absolute Gasteiger partial charge is 0.164 e. The largest absolute Gasteiger partial charge is 0.399 e. The van der Waals surface area contributed by atoms with Gasteiger partial charge in [-0.2, -0.15) is 0 Å². The number of hydrogen-bond acceptors (Lipinski definition) is 4. The zero-order valence-corrected chi connectivity index (χ0v) is 11.1. The predicted octanol–water partition coefficient (Wildman–Crippen LogP) is 1.65. The fourth-order valence-corrected chi connectivity index (χ4v) is 2.26. The summed E-state index contributed by atoms with van der Waals surface area (Å²) in [6.07, 6.45) is 1.09. The molecule has 1 rings (SSSR count). The first kappa shape index (κ1) is 13.2. The summed E-state index contributed by atoms with van der Waals surface area (Å²) >= 11 is 3.22. The number of benzene rings is 1. The third kappa shape index (κ3) is 4.32. The summed E-state index contributed by atoms with van der Waals surface area (Å²) in [4.78, 5) is 11.7. The van der Waals surface area contributed by atoms with Crippen molar-refractivity contribution in [3.63, 3.8) is 0 Å². The molecule has 4 nitrogen and oxygen atoms in total. The molecule has 0 aromatic heterocycles. The van der Waals surface area contributed by atoms with E-state index >= 15 is 0 Å². The summed E-state index contributed by atoms with van der Waals surface area (Å²) in [5.74, 6) is -0.364. The normalized spacial score (nSPS) is 11.4. The van der Waals surface area contributed by atoms with Gasteiger partial charge in [0, 0.05) is 28.4 Å². The molecular weight excluding hydrogens is 294 g/mol. The van der Waals surface area contributed by atoms with Crippen LogP contribution in [0.2, 0.25) is 0 Å². The van der Waals surface area contributed by atoms with Crippen molar-refractivity contribution in [2.75, 3.05) is 17.7 Å². The molecule has 1 aromatic carbocycles. The van der Waals surface area contributed by atoms with Crippen LogP contribution in [0.3, 0.4) is 0 Å². The molecular formula is C10H12BrNO3S. The predicted molar refractivity (Wildman–Crippen MR) is 67.2 cm³/mol. The highest BCUT2D eigenvalue weighted by Gasteiger charge is 2.11. The summed E-state index contributed by atoms with van der Waals surface area (Å²) in [6, 6.07) is 4.84. The number of Topliss-reactive ketones (excluding diaryl/α,β-unsaturated/α-hetero) is 1. The van der Waals surface area contributed by atoms with Gasteiger partial charge in [0.2, 0.25) is 0 Å². The van der Waals surface area contributed by atoms with E-state index in [9.17, 15) is 13.2 Å². The molecule has 0 bridgehead atoms. The van der Waals surface area contributed by atoms with Crippen LogP contribution in [0.25, 0.3) is 0 Å². The zero-order valence-electron chi connectivity index (χ0n) is 8.73. The number of anilines is 1. The van der Waals surface area contributed by atoms with Crippen molar-refractivity contribution in [2.45, 2.75) is 6.42 Å². The first-order chi connectivity index (χ1) is 7.28. The Kier molecular flexibility index (Phi) is 4.09. The van der Waals surface area contributed by atoms with E-state index in [0.29, 0.717) is 15.7 Å². The molecule has 0 aliphatic carbocycles. The lowest BCUT2D eigenvalue weighted by atomic mass is 10.1. The van der Waals surface area contributed by atoms with Crippen LogP contribution in [0.15, 0.2) is 22.7 Å². The van der Waals surface area contributed by atoms with Crippen LogP contribution in [0.1, 0.15) is 16.8 Å². The van der Waals surface area contributed by atoms with Gasteiger partial charge in [0.05, 0.1) is 5.75 Å². The van der Waals surface area contributed by atoms with Crippen molar-refractivity contribution in [2.24, 2.45) is 0 Å². The zero-order chi connectivity index (χ0) is 12.3. The van der Waals surface area contributed by atoms with Crippen LogP contribution in [-0.4, -0.2) is 26.2 Å². The minimum Gasteiger partial charge on any atom is -0.399 e. The molecule has 0 spiro atoms. The van der Waals surface area contributed by atoms with Crippen molar-refractivity contribution >= 4 is 37.2 Å². The topological polar surface area (TPSA) is 77.2 Å². The molecule has 0 heterocycles. The number of nitrogens with two attached hydrogens (primary N) is 1. The van der Waals surface area contributed by atoms with Gasteiger partial charge in [-0.05, 0) is 18.2 Å². The van der Waals surface area contributed by atoms with E-state index in [-0.39, 0.29) is 18.0 Å². The Balaban J connectivity index is 2.81. The van der Waals surface area contributed by atoms with Gasteiger partial charge >= 0.3 is 0 Å². The van der Waals surface area contributed by atoms with E-state index in [4.69, 9.17) is 5.73 Å². The van der Waals surface area contributed by atoms with Gasteiger partial charge in [-0.1, -0.05) is 15.9 Å². The summed E-state index contributed by atoms with van der Waals surface area (Å²) in [7, 11) is -3.11. The average Bonchev–Trinajstić information content (AvgIpc) is 2.11. The van der Waals surface area contributed by atoms with Crippen LogP contribution in [0.4, 0.5) is 5.69 Å². The Morgan fingerprint density at radius 1 is 1.38 bits per heavy atom. The maximum absolute atomic E-state index is 11.7. The van der Waals surface area contributed by atoms with Crippen molar-refractivity contribution in [1.82, 2.24) is 0 Å². The van der Waals surface area contributed by atoms with E-state index < -0.39 is 9.84 Å². The Morgan fingerprint density at radius 2 is 2.00 bits per heavy atom. The third-order valence-electron chi connectivity index (χ3n) is 1.94. The van der Waals surface area contributed by atoms with Gasteiger partial charge in [-0.25, -0.2) is 8.42 Å². The number of nitrogen functional groups attached to an aromatic ring is 1. The Bertz CT molecular complexity index is 491. The van der Waals surface area contributed by atoms with Crippen molar-refractivity contribution in [3.8, 4) is 0 Å². The molecule has 0 aliphatic heterocycles. The van der Waals surface area contributed by atoms with Crippen LogP contribution < -0.4 is 5.73 Å². The monoisotopic (exact) mass is 305 g/mol. The number of sulfone groups is 1. The molecule has 0 fully saturated rings. The molecule has 0 radical (unpaired) electrons. The highest BCUT2D eigenvalue weighted by atomic mass is 79.9. The number of ketones is 1.